The molecule has 0 heterocycles. The van der Waals surface area contributed by atoms with Crippen molar-refractivity contribution in [2.24, 2.45) is 0 Å². The first-order valence-corrected chi connectivity index (χ1v) is 33.0. The number of unbranched alkanes of at least 4 members (excludes halogenated alkanes) is 6. The fourth-order valence-corrected chi connectivity index (χ4v) is 35.3. The Bertz CT molecular complexity index is 914. The van der Waals surface area contributed by atoms with E-state index in [0.29, 0.717) is 5.56 Å². The Labute approximate surface area is 292 Å². The molecule has 0 radical (unpaired) electrons. The first-order chi connectivity index (χ1) is 21.9. The van der Waals surface area contributed by atoms with Gasteiger partial charge < -0.3 is 0 Å². The maximum Gasteiger partial charge on any atom is 0 e. The number of hydrogen-bond acceptors (Lipinski definition) is 5. The molecule has 5 nitrogen and oxygen atoms in total. The third-order valence-electron chi connectivity index (χ3n) is 9.06. The molecule has 0 bridgehead atoms. The van der Waals surface area contributed by atoms with Crippen molar-refractivity contribution in [2.75, 3.05) is 0 Å². The Hall–Kier alpha value is -0.933. The molecule has 46 heavy (non-hydrogen) atoms. The van der Waals surface area contributed by atoms with Crippen molar-refractivity contribution < 1.29 is 13.0 Å². The molecular weight excluding hydrogens is 786 g/mol. The number of carbonyl (C=O) groups is 1. The number of hydrogen-bond donors (Lipinski definition) is 1. The summed E-state index contributed by atoms with van der Waals surface area (Å²) in [5, 5.41) is 11.2. The largest absolute Gasteiger partial charge is 0 e. The Kier molecular flexibility index (Phi) is 30.9. The third-order valence-corrected chi connectivity index (χ3v) is 37.5. The van der Waals surface area contributed by atoms with Crippen molar-refractivity contribution in [2.45, 2.75) is 157 Å². The van der Waals surface area contributed by atoms with Crippen molar-refractivity contribution in [3.63, 3.8) is 0 Å². The van der Waals surface area contributed by atoms with Crippen molar-refractivity contribution in [3.05, 3.63) is 81.7 Å². The maximum atomic E-state index is 12.6. The van der Waals surface area contributed by atoms with E-state index >= 15 is 0 Å². The predicted molar refractivity (Wildman–Crippen MR) is 207 cm³/mol. The fraction of sp³-hybridized carbons (Fsp3) is 0.667. The van der Waals surface area contributed by atoms with Gasteiger partial charge in [0.2, 0.25) is 0 Å². The van der Waals surface area contributed by atoms with Crippen molar-refractivity contribution in [1.82, 2.24) is 0 Å². The SMILES string of the molecule is C.CCC[CH2][Sn]([CH2]CCC)([CH2]CCC)[CH](O)c1ccccc1.CCC[CH2][Sn]([CH2]CCC)([CH2]CCC)[O]C(=O)c1ccccc1.O=O. The molecule has 1 atom stereocenters. The van der Waals surface area contributed by atoms with Crippen LogP contribution < -0.4 is 0 Å². The molecule has 0 amide bonds. The summed E-state index contributed by atoms with van der Waals surface area (Å²) in [6.07, 6.45) is 15.0. The normalized spacial score (nSPS) is 11.6. The summed E-state index contributed by atoms with van der Waals surface area (Å²) in [5.41, 5.74) is 1.91. The molecule has 0 spiro atoms. The second-order valence-electron chi connectivity index (χ2n) is 12.7. The number of aliphatic hydroxyl groups excluding tert-OH is 1. The molecule has 0 aliphatic heterocycles. The monoisotopic (exact) mass is 858 g/mol. The summed E-state index contributed by atoms with van der Waals surface area (Å²) in [7, 11) is 0. The van der Waals surface area contributed by atoms with Crippen LogP contribution in [0.4, 0.5) is 0 Å². The van der Waals surface area contributed by atoms with Gasteiger partial charge in [-0.1, -0.05) is 7.43 Å². The molecule has 0 aliphatic carbocycles. The molecular formula is C39H70O5Sn2. The summed E-state index contributed by atoms with van der Waals surface area (Å²) in [6.45, 7) is 13.5. The minimum absolute atomic E-state index is 0. The minimum atomic E-state index is -2.82. The average Bonchev–Trinajstić information content (AvgIpc) is 3.10. The van der Waals surface area contributed by atoms with E-state index in [4.69, 9.17) is 13.0 Å². The van der Waals surface area contributed by atoms with E-state index in [1.165, 1.54) is 109 Å². The first kappa shape index (κ1) is 47.2. The van der Waals surface area contributed by atoms with Gasteiger partial charge in [-0.3, -0.25) is 0 Å². The number of rotatable bonds is 22. The van der Waals surface area contributed by atoms with Gasteiger partial charge in [0.25, 0.3) is 0 Å². The molecule has 2 aromatic rings. The van der Waals surface area contributed by atoms with Crippen LogP contribution in [0.15, 0.2) is 60.7 Å². The Balaban J connectivity index is 0. The average molecular weight is 856 g/mol. The Morgan fingerprint density at radius 1 is 0.587 bits per heavy atom. The van der Waals surface area contributed by atoms with E-state index in [-0.39, 0.29) is 17.5 Å². The zero-order valence-electron chi connectivity index (χ0n) is 29.7. The zero-order chi connectivity index (χ0) is 33.8. The van der Waals surface area contributed by atoms with Gasteiger partial charge in [0, 0.05) is 9.93 Å². The fourth-order valence-electron chi connectivity index (χ4n) is 6.22. The molecule has 0 fully saturated rings. The van der Waals surface area contributed by atoms with Crippen LogP contribution in [-0.2, 0) is 3.07 Å². The second kappa shape index (κ2) is 30.1. The van der Waals surface area contributed by atoms with Crippen molar-refractivity contribution in [1.29, 1.82) is 0 Å². The van der Waals surface area contributed by atoms with Gasteiger partial charge >= 0.3 is 277 Å². The van der Waals surface area contributed by atoms with Gasteiger partial charge in [0.15, 0.2) is 0 Å². The summed E-state index contributed by atoms with van der Waals surface area (Å²) < 4.78 is 13.9. The Morgan fingerprint density at radius 2 is 0.913 bits per heavy atom. The molecule has 0 aliphatic rings. The van der Waals surface area contributed by atoms with Crippen LogP contribution in [0, 0.1) is 9.93 Å². The smallest absolute Gasteiger partial charge is 0 e. The van der Waals surface area contributed by atoms with E-state index in [0.717, 1.165) is 0 Å². The number of benzene rings is 2. The van der Waals surface area contributed by atoms with Crippen LogP contribution in [0.3, 0.4) is 0 Å². The number of aliphatic hydroxyl groups is 1. The standard InChI is InChI=1S/C7H6O2.C7H7O.6C4H9.CH4.O2.2Sn/c8-7(9)6-4-2-1-3-5-6;8-6-7-4-2-1-3-5-7;6*1-3-4-2;;1-2;;/h1-5H,(H,8,9);1-6,8H;6*1,3-4H2,2H3;1H4;;;/q;;;;;;;;;;;+1/p-1. The van der Waals surface area contributed by atoms with Gasteiger partial charge in [-0.25, -0.2) is 0 Å². The van der Waals surface area contributed by atoms with Crippen LogP contribution in [-0.4, -0.2) is 48.2 Å². The summed E-state index contributed by atoms with van der Waals surface area (Å²) in [5.74, 6) is -0.0697. The van der Waals surface area contributed by atoms with E-state index < -0.39 is 37.2 Å². The van der Waals surface area contributed by atoms with Gasteiger partial charge in [-0.05, 0) is 0 Å². The molecule has 2 aromatic carbocycles. The van der Waals surface area contributed by atoms with Crippen molar-refractivity contribution >= 4 is 43.1 Å². The topological polar surface area (TPSA) is 80.7 Å². The van der Waals surface area contributed by atoms with Gasteiger partial charge in [-0.15, -0.1) is 0 Å². The van der Waals surface area contributed by atoms with Crippen molar-refractivity contribution in [3.8, 4) is 0 Å². The maximum absolute atomic E-state index is 12.6. The molecule has 1 N–H and O–H groups in total. The van der Waals surface area contributed by atoms with Crippen LogP contribution in [0.25, 0.3) is 0 Å². The molecule has 0 saturated carbocycles. The van der Waals surface area contributed by atoms with E-state index in [2.05, 4.69) is 71.9 Å². The second-order valence-corrected chi connectivity index (χ2v) is 38.0. The van der Waals surface area contributed by atoms with E-state index in [1.54, 1.807) is 0 Å². The summed E-state index contributed by atoms with van der Waals surface area (Å²) in [4.78, 5) is 26.6. The zero-order valence-corrected chi connectivity index (χ0v) is 35.4. The minimum Gasteiger partial charge on any atom is 0 e. The summed E-state index contributed by atoms with van der Waals surface area (Å²) >= 11 is -5.34. The molecule has 0 saturated heterocycles. The molecule has 0 aromatic heterocycles. The number of carbonyl (C=O) groups excluding carboxylic acids is 1. The van der Waals surface area contributed by atoms with E-state index in [9.17, 15) is 9.90 Å². The molecule has 1 unspecified atom stereocenters. The van der Waals surface area contributed by atoms with Crippen LogP contribution >= 0.6 is 0 Å². The summed E-state index contributed by atoms with van der Waals surface area (Å²) in [6, 6.07) is 20.0. The third kappa shape index (κ3) is 18.6. The molecule has 7 heteroatoms. The Morgan fingerprint density at radius 3 is 1.26 bits per heavy atom. The van der Waals surface area contributed by atoms with Gasteiger partial charge in [-0.2, -0.15) is 0 Å². The molecule has 264 valence electrons. The van der Waals surface area contributed by atoms with Crippen LogP contribution in [0.5, 0.6) is 0 Å². The van der Waals surface area contributed by atoms with Gasteiger partial charge in [0.05, 0.1) is 0 Å². The van der Waals surface area contributed by atoms with E-state index in [1.807, 2.05) is 30.3 Å². The predicted octanol–water partition coefficient (Wildman–Crippen LogP) is 13.0. The quantitative estimate of drug-likeness (QED) is 0.119. The molecule has 2 rings (SSSR count). The van der Waals surface area contributed by atoms with Crippen LogP contribution in [0.2, 0.25) is 26.6 Å². The first-order valence-electron chi connectivity index (χ1n) is 18.0. The van der Waals surface area contributed by atoms with Crippen LogP contribution in [0.1, 0.15) is 146 Å². The van der Waals surface area contributed by atoms with Gasteiger partial charge in [0.1, 0.15) is 0 Å².